The molecule has 1 N–H and O–H groups in total. The lowest BCUT2D eigenvalue weighted by Crippen LogP contribution is -2.42. The molecule has 1 aromatic heterocycles. The normalized spacial score (nSPS) is 24.4. The van der Waals surface area contributed by atoms with Crippen LogP contribution in [-0.2, 0) is 16.1 Å². The van der Waals surface area contributed by atoms with E-state index in [4.69, 9.17) is 9.84 Å². The zero-order chi connectivity index (χ0) is 12.3. The zero-order valence-corrected chi connectivity index (χ0v) is 10.5. The molecule has 0 aromatic carbocycles. The predicted molar refractivity (Wildman–Crippen MR) is 63.9 cm³/mol. The first-order valence-corrected chi connectivity index (χ1v) is 6.58. The number of nitrogens with zero attached hydrogens (tertiary/aromatic N) is 2. The van der Waals surface area contributed by atoms with E-state index in [9.17, 15) is 4.79 Å². The molecule has 0 bridgehead atoms. The number of ether oxygens (including phenoxy) is 1. The second-order valence-corrected chi connectivity index (χ2v) is 4.81. The lowest BCUT2D eigenvalue weighted by Gasteiger charge is -2.28. The number of likely N-dealkylation sites (N-methyl/N-ethyl adjacent to an activating group) is 1. The van der Waals surface area contributed by atoms with E-state index < -0.39 is 11.9 Å². The maximum Gasteiger partial charge on any atom is 0.310 e. The zero-order valence-electron chi connectivity index (χ0n) is 9.70. The summed E-state index contributed by atoms with van der Waals surface area (Å²) in [7, 11) is 0. The number of hydrogen-bond acceptors (Lipinski definition) is 5. The molecule has 1 aromatic rings. The van der Waals surface area contributed by atoms with E-state index in [1.165, 1.54) is 0 Å². The van der Waals surface area contributed by atoms with Crippen molar-refractivity contribution >= 4 is 17.3 Å². The Morgan fingerprint density at radius 1 is 1.71 bits per heavy atom. The van der Waals surface area contributed by atoms with Gasteiger partial charge in [-0.2, -0.15) is 0 Å². The van der Waals surface area contributed by atoms with Crippen molar-refractivity contribution < 1.29 is 14.6 Å². The number of carbonyl (C=O) groups is 1. The quantitative estimate of drug-likeness (QED) is 0.853. The van der Waals surface area contributed by atoms with Crippen molar-refractivity contribution in [3.8, 4) is 0 Å². The van der Waals surface area contributed by atoms with Crippen molar-refractivity contribution in [3.05, 3.63) is 16.6 Å². The van der Waals surface area contributed by atoms with Gasteiger partial charge < -0.3 is 9.84 Å². The first kappa shape index (κ1) is 12.5. The molecule has 2 atom stereocenters. The molecule has 94 valence electrons. The van der Waals surface area contributed by atoms with Gasteiger partial charge in [0.15, 0.2) is 0 Å². The summed E-state index contributed by atoms with van der Waals surface area (Å²) < 4.78 is 5.29. The summed E-state index contributed by atoms with van der Waals surface area (Å²) in [6.45, 7) is 4.33. The van der Waals surface area contributed by atoms with Gasteiger partial charge >= 0.3 is 5.97 Å². The third-order valence-electron chi connectivity index (χ3n) is 3.09. The Bertz CT molecular complexity index is 369. The summed E-state index contributed by atoms with van der Waals surface area (Å²) in [5, 5.41) is 11.1. The summed E-state index contributed by atoms with van der Waals surface area (Å²) in [4.78, 5) is 17.5. The standard InChI is InChI=1S/C11H16N2O3S/c1-2-13(3-8-6-17-7-12-8)10-5-16-4-9(10)11(14)15/h6-7,9-10H,2-5H2,1H3,(H,14,15). The van der Waals surface area contributed by atoms with Crippen LogP contribution in [0.3, 0.4) is 0 Å². The summed E-state index contributed by atoms with van der Waals surface area (Å²) >= 11 is 1.56. The van der Waals surface area contributed by atoms with Crippen LogP contribution in [0.4, 0.5) is 0 Å². The molecule has 1 aliphatic heterocycles. The van der Waals surface area contributed by atoms with E-state index in [1.807, 2.05) is 12.3 Å². The third kappa shape index (κ3) is 2.83. The fourth-order valence-electron chi connectivity index (χ4n) is 2.13. The van der Waals surface area contributed by atoms with Crippen LogP contribution >= 0.6 is 11.3 Å². The van der Waals surface area contributed by atoms with Gasteiger partial charge in [-0.25, -0.2) is 4.98 Å². The van der Waals surface area contributed by atoms with Crippen LogP contribution in [0.2, 0.25) is 0 Å². The molecule has 0 amide bonds. The van der Waals surface area contributed by atoms with Crippen molar-refractivity contribution in [3.63, 3.8) is 0 Å². The molecular formula is C11H16N2O3S. The smallest absolute Gasteiger partial charge is 0.310 e. The lowest BCUT2D eigenvalue weighted by molar-refractivity contribution is -0.143. The Balaban J connectivity index is 2.04. The summed E-state index contributed by atoms with van der Waals surface area (Å²) in [6, 6.07) is -0.0424. The van der Waals surface area contributed by atoms with Crippen molar-refractivity contribution in [1.82, 2.24) is 9.88 Å². The minimum atomic E-state index is -0.774. The minimum absolute atomic E-state index is 0.0424. The van der Waals surface area contributed by atoms with Crippen molar-refractivity contribution in [2.45, 2.75) is 19.5 Å². The first-order chi connectivity index (χ1) is 8.22. The average molecular weight is 256 g/mol. The highest BCUT2D eigenvalue weighted by atomic mass is 32.1. The van der Waals surface area contributed by atoms with E-state index in [0.29, 0.717) is 19.8 Å². The molecule has 1 aliphatic rings. The molecule has 2 unspecified atom stereocenters. The Hall–Kier alpha value is -0.980. The minimum Gasteiger partial charge on any atom is -0.481 e. The van der Waals surface area contributed by atoms with Gasteiger partial charge in [0.25, 0.3) is 0 Å². The van der Waals surface area contributed by atoms with E-state index in [1.54, 1.807) is 16.8 Å². The second-order valence-electron chi connectivity index (χ2n) is 4.09. The molecule has 0 radical (unpaired) electrons. The van der Waals surface area contributed by atoms with Crippen LogP contribution < -0.4 is 0 Å². The Kier molecular flexibility index (Phi) is 4.09. The molecule has 1 saturated heterocycles. The van der Waals surface area contributed by atoms with E-state index >= 15 is 0 Å². The average Bonchev–Trinajstić information content (AvgIpc) is 2.96. The molecular weight excluding hydrogens is 240 g/mol. The fraction of sp³-hybridized carbons (Fsp3) is 0.636. The molecule has 0 spiro atoms. The third-order valence-corrected chi connectivity index (χ3v) is 3.73. The Morgan fingerprint density at radius 2 is 2.53 bits per heavy atom. The van der Waals surface area contributed by atoms with Crippen molar-refractivity contribution in [2.24, 2.45) is 5.92 Å². The van der Waals surface area contributed by atoms with Gasteiger partial charge in [0.2, 0.25) is 0 Å². The predicted octanol–water partition coefficient (Wildman–Crippen LogP) is 1.06. The van der Waals surface area contributed by atoms with Gasteiger partial charge in [-0.3, -0.25) is 9.69 Å². The molecule has 6 heteroatoms. The first-order valence-electron chi connectivity index (χ1n) is 5.64. The molecule has 1 fully saturated rings. The topological polar surface area (TPSA) is 62.7 Å². The Morgan fingerprint density at radius 3 is 3.12 bits per heavy atom. The number of carboxylic acids is 1. The van der Waals surface area contributed by atoms with Gasteiger partial charge in [-0.15, -0.1) is 11.3 Å². The highest BCUT2D eigenvalue weighted by Crippen LogP contribution is 2.21. The number of hydrogen-bond donors (Lipinski definition) is 1. The molecule has 0 aliphatic carbocycles. The summed E-state index contributed by atoms with van der Waals surface area (Å²) in [5.41, 5.74) is 2.79. The molecule has 2 heterocycles. The largest absolute Gasteiger partial charge is 0.481 e. The molecule has 5 nitrogen and oxygen atoms in total. The maximum atomic E-state index is 11.1. The Labute approximate surface area is 104 Å². The van der Waals surface area contributed by atoms with Crippen LogP contribution in [-0.4, -0.2) is 46.8 Å². The van der Waals surface area contributed by atoms with Crippen LogP contribution in [0.15, 0.2) is 10.9 Å². The van der Waals surface area contributed by atoms with Crippen molar-refractivity contribution in [2.75, 3.05) is 19.8 Å². The number of aromatic nitrogens is 1. The number of rotatable bonds is 5. The van der Waals surface area contributed by atoms with Gasteiger partial charge in [-0.05, 0) is 6.54 Å². The highest BCUT2D eigenvalue weighted by Gasteiger charge is 2.37. The highest BCUT2D eigenvalue weighted by molar-refractivity contribution is 7.07. The van der Waals surface area contributed by atoms with Crippen LogP contribution in [0.1, 0.15) is 12.6 Å². The SMILES string of the molecule is CCN(Cc1cscn1)C1COCC1C(=O)O. The van der Waals surface area contributed by atoms with Gasteiger partial charge in [0.05, 0.1) is 30.3 Å². The van der Waals surface area contributed by atoms with Gasteiger partial charge in [0, 0.05) is 18.0 Å². The van der Waals surface area contributed by atoms with E-state index in [2.05, 4.69) is 9.88 Å². The maximum absolute atomic E-state index is 11.1. The summed E-state index contributed by atoms with van der Waals surface area (Å²) in [6.07, 6.45) is 0. The number of carboxylic acid groups (broad SMARTS) is 1. The second kappa shape index (κ2) is 5.57. The monoisotopic (exact) mass is 256 g/mol. The number of thiazole rings is 1. The van der Waals surface area contributed by atoms with Crippen LogP contribution in [0.5, 0.6) is 0 Å². The van der Waals surface area contributed by atoms with Crippen molar-refractivity contribution in [1.29, 1.82) is 0 Å². The van der Waals surface area contributed by atoms with Crippen LogP contribution in [0.25, 0.3) is 0 Å². The van der Waals surface area contributed by atoms with Gasteiger partial charge in [-0.1, -0.05) is 6.92 Å². The molecule has 2 rings (SSSR count). The van der Waals surface area contributed by atoms with Gasteiger partial charge in [0.1, 0.15) is 0 Å². The van der Waals surface area contributed by atoms with E-state index in [-0.39, 0.29) is 6.04 Å². The lowest BCUT2D eigenvalue weighted by atomic mass is 10.0. The molecule has 0 saturated carbocycles. The summed E-state index contributed by atoms with van der Waals surface area (Å²) in [5.74, 6) is -1.20. The molecule has 17 heavy (non-hydrogen) atoms. The van der Waals surface area contributed by atoms with E-state index in [0.717, 1.165) is 12.2 Å². The number of aliphatic carboxylic acids is 1. The van der Waals surface area contributed by atoms with Crippen LogP contribution in [0, 0.1) is 5.92 Å². The fourth-order valence-corrected chi connectivity index (χ4v) is 2.68.